The Labute approximate surface area is 136 Å². The van der Waals surface area contributed by atoms with Crippen molar-refractivity contribution in [1.29, 1.82) is 0 Å². The second-order valence-corrected chi connectivity index (χ2v) is 6.97. The molecule has 0 N–H and O–H groups in total. The van der Waals surface area contributed by atoms with Crippen molar-refractivity contribution in [3.8, 4) is 0 Å². The molecule has 1 aromatic rings. The quantitative estimate of drug-likeness (QED) is 0.695. The van der Waals surface area contributed by atoms with Crippen LogP contribution < -0.4 is 0 Å². The van der Waals surface area contributed by atoms with Crippen LogP contribution in [0.4, 0.5) is 0 Å². The van der Waals surface area contributed by atoms with E-state index in [1.165, 1.54) is 17.6 Å². The van der Waals surface area contributed by atoms with Crippen LogP contribution >= 0.6 is 0 Å². The van der Waals surface area contributed by atoms with Crippen LogP contribution in [0.25, 0.3) is 0 Å². The topological polar surface area (TPSA) is 3.24 Å². The maximum absolute atomic E-state index is 2.43. The van der Waals surface area contributed by atoms with Crippen LogP contribution in [0, 0.1) is 11.3 Å². The fourth-order valence-electron chi connectivity index (χ4n) is 2.91. The third kappa shape index (κ3) is 4.99. The smallest absolute Gasteiger partial charge is 0.0230 e. The highest BCUT2D eigenvalue weighted by molar-refractivity contribution is 5.32. The first kappa shape index (κ1) is 16.8. The minimum absolute atomic E-state index is 0.159. The van der Waals surface area contributed by atoms with Gasteiger partial charge < -0.3 is 4.90 Å². The summed E-state index contributed by atoms with van der Waals surface area (Å²) in [4.78, 5) is 2.43. The lowest BCUT2D eigenvalue weighted by molar-refractivity contribution is 0.285. The van der Waals surface area contributed by atoms with Crippen LogP contribution in [-0.2, 0) is 6.54 Å². The average molecular weight is 295 g/mol. The highest BCUT2D eigenvalue weighted by Crippen LogP contribution is 2.27. The molecule has 1 aliphatic rings. The van der Waals surface area contributed by atoms with Gasteiger partial charge in [-0.3, -0.25) is 0 Å². The summed E-state index contributed by atoms with van der Waals surface area (Å²) < 4.78 is 0. The molecule has 118 valence electrons. The fourth-order valence-corrected chi connectivity index (χ4v) is 2.91. The van der Waals surface area contributed by atoms with Crippen LogP contribution in [-0.4, -0.2) is 18.5 Å². The number of hydrogen-bond acceptors (Lipinski definition) is 1. The summed E-state index contributed by atoms with van der Waals surface area (Å²) in [5, 5.41) is 0. The Kier molecular flexibility index (Phi) is 5.79. The molecular formula is C21H29N. The fraction of sp³-hybridized carbons (Fsp3) is 0.429. The molecule has 2 rings (SSSR count). The summed E-state index contributed by atoms with van der Waals surface area (Å²) >= 11 is 0. The number of benzene rings is 1. The second-order valence-electron chi connectivity index (χ2n) is 6.97. The lowest BCUT2D eigenvalue weighted by Crippen LogP contribution is -2.26. The van der Waals surface area contributed by atoms with E-state index in [2.05, 4.69) is 93.4 Å². The monoisotopic (exact) mass is 295 g/mol. The van der Waals surface area contributed by atoms with E-state index in [-0.39, 0.29) is 5.41 Å². The van der Waals surface area contributed by atoms with E-state index >= 15 is 0 Å². The van der Waals surface area contributed by atoms with Crippen molar-refractivity contribution in [1.82, 2.24) is 4.90 Å². The number of hydrogen-bond donors (Lipinski definition) is 0. The predicted molar refractivity (Wildman–Crippen MR) is 96.7 cm³/mol. The van der Waals surface area contributed by atoms with Gasteiger partial charge >= 0.3 is 0 Å². The van der Waals surface area contributed by atoms with E-state index in [1.807, 2.05) is 0 Å². The first-order valence-electron chi connectivity index (χ1n) is 8.31. The molecule has 0 aromatic heterocycles. The van der Waals surface area contributed by atoms with Crippen LogP contribution in [0.5, 0.6) is 0 Å². The third-order valence-electron chi connectivity index (χ3n) is 4.31. The van der Waals surface area contributed by atoms with Crippen molar-refractivity contribution < 1.29 is 0 Å². The maximum Gasteiger partial charge on any atom is 0.0230 e. The Morgan fingerprint density at radius 1 is 1.09 bits per heavy atom. The summed E-state index contributed by atoms with van der Waals surface area (Å²) in [7, 11) is 2.22. The van der Waals surface area contributed by atoms with Crippen molar-refractivity contribution in [2.24, 2.45) is 11.3 Å². The summed E-state index contributed by atoms with van der Waals surface area (Å²) in [6.07, 6.45) is 12.6. The van der Waals surface area contributed by atoms with Crippen LogP contribution in [0.15, 0.2) is 66.3 Å². The van der Waals surface area contributed by atoms with Crippen molar-refractivity contribution in [3.05, 3.63) is 71.8 Å². The van der Waals surface area contributed by atoms with Gasteiger partial charge in [-0.1, -0.05) is 81.5 Å². The molecule has 0 heterocycles. The molecule has 0 bridgehead atoms. The SMILES string of the molecule is CCC(CN(C)Cc1ccccc1)C1=CC=CC(C)(C)C=C1. The van der Waals surface area contributed by atoms with Gasteiger partial charge in [-0.2, -0.15) is 0 Å². The normalized spacial score (nSPS) is 18.1. The van der Waals surface area contributed by atoms with Crippen molar-refractivity contribution in [3.63, 3.8) is 0 Å². The Balaban J connectivity index is 2.00. The predicted octanol–water partition coefficient (Wildman–Crippen LogP) is 5.22. The summed E-state index contributed by atoms with van der Waals surface area (Å²) in [5.74, 6) is 0.587. The molecule has 1 atom stereocenters. The first-order chi connectivity index (χ1) is 10.5. The Morgan fingerprint density at radius 3 is 2.50 bits per heavy atom. The molecule has 0 radical (unpaired) electrons. The highest BCUT2D eigenvalue weighted by atomic mass is 15.1. The molecule has 22 heavy (non-hydrogen) atoms. The summed E-state index contributed by atoms with van der Waals surface area (Å²) in [6, 6.07) is 10.7. The number of rotatable bonds is 6. The first-order valence-corrected chi connectivity index (χ1v) is 8.31. The molecule has 0 amide bonds. The van der Waals surface area contributed by atoms with E-state index in [1.54, 1.807) is 0 Å². The van der Waals surface area contributed by atoms with Gasteiger partial charge in [-0.15, -0.1) is 0 Å². The molecule has 0 aliphatic heterocycles. The molecule has 1 heteroatoms. The largest absolute Gasteiger partial charge is 0.302 e. The molecule has 1 unspecified atom stereocenters. The minimum atomic E-state index is 0.159. The van der Waals surface area contributed by atoms with Crippen LogP contribution in [0.2, 0.25) is 0 Å². The van der Waals surface area contributed by atoms with Gasteiger partial charge in [0.25, 0.3) is 0 Å². The summed E-state index contributed by atoms with van der Waals surface area (Å²) in [5.41, 5.74) is 2.99. The van der Waals surface area contributed by atoms with Crippen molar-refractivity contribution in [2.45, 2.75) is 33.7 Å². The molecule has 0 saturated heterocycles. The van der Waals surface area contributed by atoms with Gasteiger partial charge in [-0.05, 0) is 30.5 Å². The van der Waals surface area contributed by atoms with Gasteiger partial charge in [0.15, 0.2) is 0 Å². The van der Waals surface area contributed by atoms with Gasteiger partial charge in [0.05, 0.1) is 0 Å². The zero-order chi connectivity index (χ0) is 16.0. The second kappa shape index (κ2) is 7.60. The van der Waals surface area contributed by atoms with Gasteiger partial charge in [0.1, 0.15) is 0 Å². The zero-order valence-electron chi connectivity index (χ0n) is 14.4. The number of nitrogens with zero attached hydrogens (tertiary/aromatic N) is 1. The molecule has 1 aromatic carbocycles. The Hall–Kier alpha value is -1.60. The standard InChI is InChI=1S/C21H29N/c1-5-19(20-12-9-14-21(2,3)15-13-20)17-22(4)16-18-10-7-6-8-11-18/h6-15,19H,5,16-17H2,1-4H3. The van der Waals surface area contributed by atoms with Crippen molar-refractivity contribution in [2.75, 3.05) is 13.6 Å². The molecule has 0 fully saturated rings. The minimum Gasteiger partial charge on any atom is -0.302 e. The molecule has 1 nitrogen and oxygen atoms in total. The molecular weight excluding hydrogens is 266 g/mol. The van der Waals surface area contributed by atoms with E-state index in [0.717, 1.165) is 13.1 Å². The van der Waals surface area contributed by atoms with Crippen LogP contribution in [0.1, 0.15) is 32.8 Å². The van der Waals surface area contributed by atoms with E-state index in [0.29, 0.717) is 5.92 Å². The molecule has 0 spiro atoms. The molecule has 1 aliphatic carbocycles. The van der Waals surface area contributed by atoms with E-state index < -0.39 is 0 Å². The Morgan fingerprint density at radius 2 is 1.82 bits per heavy atom. The number of allylic oxidation sites excluding steroid dienone is 5. The lowest BCUT2D eigenvalue weighted by Gasteiger charge is -2.24. The van der Waals surface area contributed by atoms with Crippen LogP contribution in [0.3, 0.4) is 0 Å². The highest BCUT2D eigenvalue weighted by Gasteiger charge is 2.16. The molecule has 0 saturated carbocycles. The van der Waals surface area contributed by atoms with Gasteiger partial charge in [0.2, 0.25) is 0 Å². The van der Waals surface area contributed by atoms with Crippen molar-refractivity contribution >= 4 is 0 Å². The van der Waals surface area contributed by atoms with E-state index in [9.17, 15) is 0 Å². The van der Waals surface area contributed by atoms with E-state index in [4.69, 9.17) is 0 Å². The lowest BCUT2D eigenvalue weighted by atomic mass is 9.91. The average Bonchev–Trinajstić information content (AvgIpc) is 2.67. The Bertz CT molecular complexity index is 549. The van der Waals surface area contributed by atoms with Gasteiger partial charge in [-0.25, -0.2) is 0 Å². The third-order valence-corrected chi connectivity index (χ3v) is 4.31. The summed E-state index contributed by atoms with van der Waals surface area (Å²) in [6.45, 7) is 8.89. The zero-order valence-corrected chi connectivity index (χ0v) is 14.4. The maximum atomic E-state index is 2.43. The van der Waals surface area contributed by atoms with Gasteiger partial charge in [0, 0.05) is 18.5 Å².